The molecule has 0 saturated carbocycles. The number of carbonyl (C=O) groups is 2. The number of nitrogens with one attached hydrogen (secondary N) is 2. The van der Waals surface area contributed by atoms with Crippen molar-refractivity contribution in [2.45, 2.75) is 26.3 Å². The first-order chi connectivity index (χ1) is 9.36. The first-order valence-electron chi connectivity index (χ1n) is 6.35. The van der Waals surface area contributed by atoms with E-state index >= 15 is 0 Å². The number of aliphatic carboxylic acids is 1. The molecule has 0 bridgehead atoms. The molecule has 1 atom stereocenters. The van der Waals surface area contributed by atoms with Crippen LogP contribution in [0.5, 0.6) is 0 Å². The van der Waals surface area contributed by atoms with Gasteiger partial charge >= 0.3 is 5.97 Å². The van der Waals surface area contributed by atoms with E-state index in [-0.39, 0.29) is 11.6 Å². The van der Waals surface area contributed by atoms with Crippen LogP contribution in [0.25, 0.3) is 10.9 Å². The third-order valence-electron chi connectivity index (χ3n) is 3.66. The molecule has 1 amide bonds. The highest BCUT2D eigenvalue weighted by Gasteiger charge is 2.39. The highest BCUT2D eigenvalue weighted by atomic mass is 16.4. The molecule has 1 heterocycles. The van der Waals surface area contributed by atoms with Crippen molar-refractivity contribution in [2.24, 2.45) is 5.92 Å². The van der Waals surface area contributed by atoms with Gasteiger partial charge in [-0.2, -0.15) is 5.10 Å². The second-order valence-corrected chi connectivity index (χ2v) is 5.23. The Balaban J connectivity index is 2.35. The van der Waals surface area contributed by atoms with Crippen LogP contribution in [0.4, 0.5) is 0 Å². The predicted molar refractivity (Wildman–Crippen MR) is 74.4 cm³/mol. The number of benzene rings is 1. The molecule has 0 radical (unpaired) electrons. The number of rotatable bonds is 4. The van der Waals surface area contributed by atoms with Gasteiger partial charge in [0.25, 0.3) is 5.91 Å². The van der Waals surface area contributed by atoms with Gasteiger partial charge < -0.3 is 10.4 Å². The van der Waals surface area contributed by atoms with Crippen molar-refractivity contribution in [3.8, 4) is 0 Å². The van der Waals surface area contributed by atoms with Crippen LogP contribution in [0.15, 0.2) is 24.3 Å². The van der Waals surface area contributed by atoms with Crippen molar-refractivity contribution in [1.29, 1.82) is 0 Å². The summed E-state index contributed by atoms with van der Waals surface area (Å²) in [5, 5.41) is 19.3. The number of hydrogen-bond donors (Lipinski definition) is 3. The van der Waals surface area contributed by atoms with Gasteiger partial charge in [0.1, 0.15) is 5.54 Å². The van der Waals surface area contributed by atoms with Gasteiger partial charge in [0.05, 0.1) is 5.52 Å². The van der Waals surface area contributed by atoms with Gasteiger partial charge in [0, 0.05) is 5.39 Å². The van der Waals surface area contributed by atoms with E-state index in [0.717, 1.165) is 5.52 Å². The van der Waals surface area contributed by atoms with Crippen molar-refractivity contribution >= 4 is 22.8 Å². The van der Waals surface area contributed by atoms with E-state index in [4.69, 9.17) is 0 Å². The molecule has 0 spiro atoms. The predicted octanol–water partition coefficient (Wildman–Crippen LogP) is 1.79. The summed E-state index contributed by atoms with van der Waals surface area (Å²) in [6.07, 6.45) is 0. The summed E-state index contributed by atoms with van der Waals surface area (Å²) < 4.78 is 0. The Kier molecular flexibility index (Phi) is 3.48. The van der Waals surface area contributed by atoms with E-state index in [9.17, 15) is 14.7 Å². The van der Waals surface area contributed by atoms with Crippen LogP contribution in [0.1, 0.15) is 31.3 Å². The fourth-order valence-corrected chi connectivity index (χ4v) is 1.88. The highest BCUT2D eigenvalue weighted by Crippen LogP contribution is 2.20. The molecule has 106 valence electrons. The zero-order valence-corrected chi connectivity index (χ0v) is 11.6. The van der Waals surface area contributed by atoms with E-state index in [1.54, 1.807) is 32.0 Å². The Hall–Kier alpha value is -2.37. The van der Waals surface area contributed by atoms with E-state index < -0.39 is 17.4 Å². The van der Waals surface area contributed by atoms with Crippen LogP contribution >= 0.6 is 0 Å². The number of nitrogens with zero attached hydrogens (tertiary/aromatic N) is 1. The van der Waals surface area contributed by atoms with Gasteiger partial charge in [-0.15, -0.1) is 0 Å². The molecule has 2 aromatic rings. The van der Waals surface area contributed by atoms with Gasteiger partial charge in [-0.3, -0.25) is 9.89 Å². The molecule has 3 N–H and O–H groups in total. The first kappa shape index (κ1) is 14.0. The largest absolute Gasteiger partial charge is 0.480 e. The summed E-state index contributed by atoms with van der Waals surface area (Å²) in [5.74, 6) is -1.82. The summed E-state index contributed by atoms with van der Waals surface area (Å²) in [5.41, 5.74) is -0.398. The Morgan fingerprint density at radius 1 is 1.35 bits per heavy atom. The Labute approximate surface area is 116 Å². The topological polar surface area (TPSA) is 95.1 Å². The van der Waals surface area contributed by atoms with Crippen molar-refractivity contribution in [1.82, 2.24) is 15.5 Å². The van der Waals surface area contributed by atoms with Crippen LogP contribution in [0, 0.1) is 5.92 Å². The molecule has 1 aromatic heterocycles. The lowest BCUT2D eigenvalue weighted by Gasteiger charge is -2.29. The number of hydrogen-bond acceptors (Lipinski definition) is 3. The van der Waals surface area contributed by atoms with Gasteiger partial charge in [-0.05, 0) is 18.9 Å². The molecular weight excluding hydrogens is 258 g/mol. The van der Waals surface area contributed by atoms with Crippen LogP contribution in [-0.2, 0) is 4.79 Å². The number of carboxylic acids is 1. The first-order valence-corrected chi connectivity index (χ1v) is 6.35. The van der Waals surface area contributed by atoms with Crippen molar-refractivity contribution in [3.63, 3.8) is 0 Å². The van der Waals surface area contributed by atoms with Gasteiger partial charge in [-0.25, -0.2) is 4.79 Å². The minimum absolute atomic E-state index is 0.203. The maximum atomic E-state index is 12.3. The van der Waals surface area contributed by atoms with E-state index in [1.807, 2.05) is 6.07 Å². The minimum atomic E-state index is -1.34. The molecule has 6 nitrogen and oxygen atoms in total. The summed E-state index contributed by atoms with van der Waals surface area (Å²) in [7, 11) is 0. The normalized spacial score (nSPS) is 14.2. The van der Waals surface area contributed by atoms with Crippen LogP contribution in [-0.4, -0.2) is 32.7 Å². The molecule has 1 unspecified atom stereocenters. The van der Waals surface area contributed by atoms with Crippen LogP contribution in [0.3, 0.4) is 0 Å². The Morgan fingerprint density at radius 2 is 2.00 bits per heavy atom. The third-order valence-corrected chi connectivity index (χ3v) is 3.66. The summed E-state index contributed by atoms with van der Waals surface area (Å²) in [4.78, 5) is 23.7. The molecule has 0 fully saturated rings. The maximum absolute atomic E-state index is 12.3. The average molecular weight is 275 g/mol. The van der Waals surface area contributed by atoms with Gasteiger partial charge in [0.2, 0.25) is 0 Å². The number of carbonyl (C=O) groups excluding carboxylic acids is 1. The van der Waals surface area contributed by atoms with Gasteiger partial charge in [0.15, 0.2) is 5.69 Å². The van der Waals surface area contributed by atoms with Crippen molar-refractivity contribution in [2.75, 3.05) is 0 Å². The molecule has 0 aliphatic heterocycles. The lowest BCUT2D eigenvalue weighted by molar-refractivity contribution is -0.145. The van der Waals surface area contributed by atoms with Gasteiger partial charge in [-0.1, -0.05) is 32.0 Å². The molecule has 0 saturated heterocycles. The smallest absolute Gasteiger partial charge is 0.329 e. The molecule has 1 aromatic carbocycles. The molecule has 20 heavy (non-hydrogen) atoms. The maximum Gasteiger partial charge on any atom is 0.329 e. The fraction of sp³-hybridized carbons (Fsp3) is 0.357. The molecule has 2 rings (SSSR count). The summed E-state index contributed by atoms with van der Waals surface area (Å²) in [6.45, 7) is 4.99. The SMILES string of the molecule is CC(C)C(C)(NC(=O)c1n[nH]c2ccccc12)C(=O)O. The number of carboxylic acid groups (broad SMARTS) is 1. The summed E-state index contributed by atoms with van der Waals surface area (Å²) in [6, 6.07) is 7.20. The molecule has 6 heteroatoms. The zero-order chi connectivity index (χ0) is 14.9. The molecule has 0 aliphatic carbocycles. The average Bonchev–Trinajstić information content (AvgIpc) is 2.81. The third kappa shape index (κ3) is 2.24. The summed E-state index contributed by atoms with van der Waals surface area (Å²) >= 11 is 0. The van der Waals surface area contributed by atoms with Crippen LogP contribution in [0.2, 0.25) is 0 Å². The van der Waals surface area contributed by atoms with E-state index in [0.29, 0.717) is 5.39 Å². The number of fused-ring (bicyclic) bond motifs is 1. The zero-order valence-electron chi connectivity index (χ0n) is 11.6. The lowest BCUT2D eigenvalue weighted by Crippen LogP contribution is -2.55. The standard InChI is InChI=1S/C14H17N3O3/c1-8(2)14(3,13(19)20)15-12(18)11-9-6-4-5-7-10(9)16-17-11/h4-8H,1-3H3,(H,15,18)(H,16,17)(H,19,20). The Morgan fingerprint density at radius 3 is 2.60 bits per heavy atom. The second-order valence-electron chi connectivity index (χ2n) is 5.23. The fourth-order valence-electron chi connectivity index (χ4n) is 1.88. The Bertz CT molecular complexity index is 662. The molecule has 0 aliphatic rings. The van der Waals surface area contributed by atoms with Crippen LogP contribution < -0.4 is 5.32 Å². The monoisotopic (exact) mass is 275 g/mol. The van der Waals surface area contributed by atoms with E-state index in [2.05, 4.69) is 15.5 Å². The van der Waals surface area contributed by atoms with Crippen molar-refractivity contribution in [3.05, 3.63) is 30.0 Å². The second kappa shape index (κ2) is 4.96. The lowest BCUT2D eigenvalue weighted by atomic mass is 9.88. The quantitative estimate of drug-likeness (QED) is 0.792. The van der Waals surface area contributed by atoms with E-state index in [1.165, 1.54) is 6.92 Å². The number of aromatic amines is 1. The number of para-hydroxylation sites is 1. The number of amides is 1. The number of aromatic nitrogens is 2. The molecular formula is C14H17N3O3. The van der Waals surface area contributed by atoms with Crippen molar-refractivity contribution < 1.29 is 14.7 Å². The minimum Gasteiger partial charge on any atom is -0.480 e. The number of H-pyrrole nitrogens is 1. The highest BCUT2D eigenvalue weighted by molar-refractivity contribution is 6.06.